The molecule has 2 aromatic carbocycles. The minimum Gasteiger partial charge on any atom is -0.325 e. The fraction of sp³-hybridized carbons (Fsp3) is 0.333. The fourth-order valence-electron chi connectivity index (χ4n) is 2.64. The quantitative estimate of drug-likeness (QED) is 0.673. The summed E-state index contributed by atoms with van der Waals surface area (Å²) >= 11 is 1.58. The largest absolute Gasteiger partial charge is 0.325 e. The molecule has 0 saturated carbocycles. The average Bonchev–Trinajstić information content (AvgIpc) is 2.62. The molecule has 0 radical (unpaired) electrons. The Hall–Kier alpha value is -2.31. The van der Waals surface area contributed by atoms with Gasteiger partial charge in [0.1, 0.15) is 0 Å². The van der Waals surface area contributed by atoms with Crippen LogP contribution in [-0.4, -0.2) is 43.1 Å². The first kappa shape index (κ1) is 21.0. The molecule has 0 aliphatic carbocycles. The van der Waals surface area contributed by atoms with Crippen LogP contribution < -0.4 is 10.6 Å². The second-order valence-electron chi connectivity index (χ2n) is 6.75. The van der Waals surface area contributed by atoms with Crippen LogP contribution in [0.15, 0.2) is 53.4 Å². The molecule has 144 valence electrons. The summed E-state index contributed by atoms with van der Waals surface area (Å²) < 4.78 is 0. The van der Waals surface area contributed by atoms with E-state index < -0.39 is 0 Å². The first-order valence-corrected chi connectivity index (χ1v) is 10.1. The van der Waals surface area contributed by atoms with Gasteiger partial charge in [0.15, 0.2) is 0 Å². The lowest BCUT2D eigenvalue weighted by Crippen LogP contribution is -2.36. The topological polar surface area (TPSA) is 61.4 Å². The van der Waals surface area contributed by atoms with Crippen molar-refractivity contribution in [3.8, 4) is 0 Å². The van der Waals surface area contributed by atoms with Gasteiger partial charge in [0.25, 0.3) is 0 Å². The molecule has 0 saturated heterocycles. The molecule has 0 aliphatic rings. The van der Waals surface area contributed by atoms with E-state index in [1.165, 1.54) is 5.56 Å². The zero-order valence-electron chi connectivity index (χ0n) is 16.3. The van der Waals surface area contributed by atoms with Gasteiger partial charge < -0.3 is 10.6 Å². The maximum absolute atomic E-state index is 12.2. The van der Waals surface area contributed by atoms with Crippen molar-refractivity contribution >= 4 is 35.0 Å². The lowest BCUT2D eigenvalue weighted by atomic mass is 10.0. The van der Waals surface area contributed by atoms with Gasteiger partial charge in [-0.15, -0.1) is 11.8 Å². The van der Waals surface area contributed by atoms with Crippen molar-refractivity contribution in [1.29, 1.82) is 0 Å². The van der Waals surface area contributed by atoms with Gasteiger partial charge in [0.2, 0.25) is 11.8 Å². The molecule has 0 aromatic heterocycles. The molecule has 2 aromatic rings. The Morgan fingerprint density at radius 3 is 2.15 bits per heavy atom. The molecule has 0 bridgehead atoms. The molecule has 6 heteroatoms. The molecule has 2 amide bonds. The second-order valence-corrected chi connectivity index (χ2v) is 7.59. The lowest BCUT2D eigenvalue weighted by molar-refractivity contribution is -0.119. The van der Waals surface area contributed by atoms with E-state index in [0.717, 1.165) is 16.3 Å². The molecule has 0 spiro atoms. The zero-order valence-corrected chi connectivity index (χ0v) is 17.1. The minimum absolute atomic E-state index is 0.141. The molecule has 0 unspecified atom stereocenters. The smallest absolute Gasteiger partial charge is 0.238 e. The predicted octanol–water partition coefficient (Wildman–Crippen LogP) is 4.04. The molecule has 0 heterocycles. The number of thioether (sulfide) groups is 1. The molecule has 2 rings (SSSR count). The van der Waals surface area contributed by atoms with Crippen molar-refractivity contribution < 1.29 is 9.59 Å². The van der Waals surface area contributed by atoms with Crippen LogP contribution in [0, 0.1) is 0 Å². The number of carbonyl (C=O) groups excluding carboxylic acids is 2. The Kier molecular flexibility index (Phi) is 7.88. The van der Waals surface area contributed by atoms with Crippen molar-refractivity contribution in [2.24, 2.45) is 0 Å². The predicted molar refractivity (Wildman–Crippen MR) is 114 cm³/mol. The summed E-state index contributed by atoms with van der Waals surface area (Å²) in [6.07, 6.45) is 1.97. The van der Waals surface area contributed by atoms with E-state index in [0.29, 0.717) is 5.92 Å². The molecule has 5 nitrogen and oxygen atoms in total. The SMILES string of the molecule is CSc1ccccc1NC(=O)CN(C)CC(=O)Nc1ccc(C(C)C)cc1. The first-order valence-electron chi connectivity index (χ1n) is 8.90. The van der Waals surface area contributed by atoms with Gasteiger partial charge in [0, 0.05) is 10.6 Å². The Morgan fingerprint density at radius 1 is 0.963 bits per heavy atom. The number of anilines is 2. The number of carbonyl (C=O) groups is 2. The lowest BCUT2D eigenvalue weighted by Gasteiger charge is -2.17. The van der Waals surface area contributed by atoms with Gasteiger partial charge in [-0.05, 0) is 49.1 Å². The number of nitrogens with zero attached hydrogens (tertiary/aromatic N) is 1. The van der Waals surface area contributed by atoms with Crippen molar-refractivity contribution in [3.05, 3.63) is 54.1 Å². The number of hydrogen-bond acceptors (Lipinski definition) is 4. The molecular formula is C21H27N3O2S. The van der Waals surface area contributed by atoms with Crippen LogP contribution >= 0.6 is 11.8 Å². The van der Waals surface area contributed by atoms with Gasteiger partial charge in [-0.2, -0.15) is 0 Å². The summed E-state index contributed by atoms with van der Waals surface area (Å²) in [6.45, 7) is 4.54. The number of nitrogens with one attached hydrogen (secondary N) is 2. The third kappa shape index (κ3) is 6.73. The third-order valence-corrected chi connectivity index (χ3v) is 4.87. The highest BCUT2D eigenvalue weighted by atomic mass is 32.2. The zero-order chi connectivity index (χ0) is 19.8. The number of amides is 2. The standard InChI is InChI=1S/C21H27N3O2S/c1-15(2)16-9-11-17(12-10-16)22-20(25)13-24(3)14-21(26)23-18-7-5-6-8-19(18)27-4/h5-12,15H,13-14H2,1-4H3,(H,22,25)(H,23,26). The fourth-order valence-corrected chi connectivity index (χ4v) is 3.19. The third-order valence-electron chi connectivity index (χ3n) is 4.07. The van der Waals surface area contributed by atoms with Gasteiger partial charge in [0.05, 0.1) is 18.8 Å². The van der Waals surface area contributed by atoms with Crippen molar-refractivity contribution in [3.63, 3.8) is 0 Å². The van der Waals surface area contributed by atoms with Crippen LogP contribution in [0.5, 0.6) is 0 Å². The van der Waals surface area contributed by atoms with Crippen LogP contribution in [0.4, 0.5) is 11.4 Å². The summed E-state index contributed by atoms with van der Waals surface area (Å²) in [4.78, 5) is 27.1. The number of hydrogen-bond donors (Lipinski definition) is 2. The highest BCUT2D eigenvalue weighted by Crippen LogP contribution is 2.24. The Morgan fingerprint density at radius 2 is 1.56 bits per heavy atom. The normalized spacial score (nSPS) is 10.9. The van der Waals surface area contributed by atoms with Gasteiger partial charge in [-0.25, -0.2) is 0 Å². The van der Waals surface area contributed by atoms with Crippen molar-refractivity contribution in [2.75, 3.05) is 37.0 Å². The number of rotatable bonds is 8. The average molecular weight is 386 g/mol. The van der Waals surface area contributed by atoms with Crippen LogP contribution in [-0.2, 0) is 9.59 Å². The molecule has 2 N–H and O–H groups in total. The number of benzene rings is 2. The summed E-state index contributed by atoms with van der Waals surface area (Å²) in [6, 6.07) is 15.5. The van der Waals surface area contributed by atoms with E-state index in [1.54, 1.807) is 23.7 Å². The monoisotopic (exact) mass is 385 g/mol. The van der Waals surface area contributed by atoms with Crippen LogP contribution in [0.3, 0.4) is 0 Å². The number of para-hydroxylation sites is 1. The summed E-state index contributed by atoms with van der Waals surface area (Å²) in [5.74, 6) is 0.163. The van der Waals surface area contributed by atoms with Crippen LogP contribution in [0.25, 0.3) is 0 Å². The summed E-state index contributed by atoms with van der Waals surface area (Å²) in [5, 5.41) is 5.76. The molecule has 27 heavy (non-hydrogen) atoms. The molecule has 0 aliphatic heterocycles. The Labute approximate surface area is 165 Å². The van der Waals surface area contributed by atoms with E-state index in [2.05, 4.69) is 24.5 Å². The minimum atomic E-state index is -0.146. The van der Waals surface area contributed by atoms with Gasteiger partial charge in [-0.3, -0.25) is 14.5 Å². The summed E-state index contributed by atoms with van der Waals surface area (Å²) in [7, 11) is 1.75. The maximum atomic E-state index is 12.2. The van der Waals surface area contributed by atoms with Gasteiger partial charge >= 0.3 is 0 Å². The molecule has 0 fully saturated rings. The Bertz CT molecular complexity index is 775. The van der Waals surface area contributed by atoms with Crippen molar-refractivity contribution in [1.82, 2.24) is 4.90 Å². The van der Waals surface area contributed by atoms with Crippen molar-refractivity contribution in [2.45, 2.75) is 24.7 Å². The van der Waals surface area contributed by atoms with E-state index in [4.69, 9.17) is 0 Å². The van der Waals surface area contributed by atoms with E-state index in [-0.39, 0.29) is 24.9 Å². The highest BCUT2D eigenvalue weighted by molar-refractivity contribution is 7.98. The Balaban J connectivity index is 1.82. The van der Waals surface area contributed by atoms with E-state index in [9.17, 15) is 9.59 Å². The van der Waals surface area contributed by atoms with Gasteiger partial charge in [-0.1, -0.05) is 38.1 Å². The van der Waals surface area contributed by atoms with E-state index >= 15 is 0 Å². The second kappa shape index (κ2) is 10.1. The van der Waals surface area contributed by atoms with Crippen LogP contribution in [0.1, 0.15) is 25.3 Å². The molecular weight excluding hydrogens is 358 g/mol. The summed E-state index contributed by atoms with van der Waals surface area (Å²) in [5.41, 5.74) is 2.78. The van der Waals surface area contributed by atoms with E-state index in [1.807, 2.05) is 54.8 Å². The number of likely N-dealkylation sites (N-methyl/N-ethyl adjacent to an activating group) is 1. The van der Waals surface area contributed by atoms with Crippen LogP contribution in [0.2, 0.25) is 0 Å². The first-order chi connectivity index (χ1) is 12.9. The maximum Gasteiger partial charge on any atom is 0.238 e. The highest BCUT2D eigenvalue weighted by Gasteiger charge is 2.12. The molecule has 0 atom stereocenters.